The Morgan fingerprint density at radius 2 is 1.83 bits per heavy atom. The van der Waals surface area contributed by atoms with Crippen LogP contribution >= 0.6 is 0 Å². The molecule has 2 N–H and O–H groups in total. The van der Waals surface area contributed by atoms with Gasteiger partial charge >= 0.3 is 6.61 Å². The fraction of sp³-hybridized carbons (Fsp3) is 0.538. The summed E-state index contributed by atoms with van der Waals surface area (Å²) >= 11 is 0. The molecule has 1 aliphatic rings. The molecular weight excluding hydrogens is 240 g/mol. The van der Waals surface area contributed by atoms with Gasteiger partial charge in [-0.15, -0.1) is 0 Å². The molecule has 5 heteroatoms. The third-order valence-electron chi connectivity index (χ3n) is 3.53. The van der Waals surface area contributed by atoms with E-state index >= 15 is 0 Å². The first kappa shape index (κ1) is 13.2. The van der Waals surface area contributed by atoms with E-state index in [0.29, 0.717) is 19.8 Å². The molecule has 0 atom stereocenters. The number of halogens is 2. The molecule has 1 heterocycles. The number of rotatable bonds is 4. The molecule has 0 radical (unpaired) electrons. The maximum Gasteiger partial charge on any atom is 0.387 e. The molecule has 0 saturated carbocycles. The van der Waals surface area contributed by atoms with Gasteiger partial charge in [0.05, 0.1) is 0 Å². The smallest absolute Gasteiger partial charge is 0.387 e. The zero-order valence-corrected chi connectivity index (χ0v) is 10.1. The number of ether oxygens (including phenoxy) is 2. The van der Waals surface area contributed by atoms with Crippen molar-refractivity contribution < 1.29 is 18.3 Å². The summed E-state index contributed by atoms with van der Waals surface area (Å²) < 4.78 is 33.8. The van der Waals surface area contributed by atoms with Crippen molar-refractivity contribution in [3.05, 3.63) is 29.8 Å². The summed E-state index contributed by atoms with van der Waals surface area (Å²) in [6.45, 7) is -0.882. The first-order valence-electron chi connectivity index (χ1n) is 5.99. The Morgan fingerprint density at radius 1 is 1.22 bits per heavy atom. The van der Waals surface area contributed by atoms with Crippen molar-refractivity contribution >= 4 is 0 Å². The Bertz CT molecular complexity index is 375. The lowest BCUT2D eigenvalue weighted by atomic mass is 9.74. The van der Waals surface area contributed by atoms with E-state index in [1.807, 2.05) is 12.1 Å². The summed E-state index contributed by atoms with van der Waals surface area (Å²) in [5.74, 6) is 0.174. The van der Waals surface area contributed by atoms with Crippen molar-refractivity contribution in [2.75, 3.05) is 19.8 Å². The predicted molar refractivity (Wildman–Crippen MR) is 63.9 cm³/mol. The SMILES string of the molecule is NCC1(c2ccc(OC(F)F)cc2)CCOCC1. The van der Waals surface area contributed by atoms with Crippen molar-refractivity contribution in [2.45, 2.75) is 24.9 Å². The predicted octanol–water partition coefficient (Wildman–Crippen LogP) is 2.29. The third kappa shape index (κ3) is 2.79. The monoisotopic (exact) mass is 257 g/mol. The van der Waals surface area contributed by atoms with Crippen LogP contribution in [0.3, 0.4) is 0 Å². The molecule has 0 aromatic heterocycles. The van der Waals surface area contributed by atoms with Gasteiger partial charge in [-0.05, 0) is 30.5 Å². The van der Waals surface area contributed by atoms with Crippen LogP contribution in [0.1, 0.15) is 18.4 Å². The first-order valence-corrected chi connectivity index (χ1v) is 5.99. The molecule has 100 valence electrons. The Balaban J connectivity index is 2.16. The normalized spacial score (nSPS) is 18.9. The van der Waals surface area contributed by atoms with Gasteiger partial charge in [0, 0.05) is 25.2 Å². The van der Waals surface area contributed by atoms with Gasteiger partial charge in [-0.3, -0.25) is 0 Å². The second-order valence-corrected chi connectivity index (χ2v) is 4.50. The van der Waals surface area contributed by atoms with E-state index in [9.17, 15) is 8.78 Å². The quantitative estimate of drug-likeness (QED) is 0.900. The van der Waals surface area contributed by atoms with E-state index in [1.165, 1.54) is 0 Å². The molecule has 1 aromatic carbocycles. The van der Waals surface area contributed by atoms with Gasteiger partial charge in [0.1, 0.15) is 5.75 Å². The lowest BCUT2D eigenvalue weighted by Gasteiger charge is -2.36. The topological polar surface area (TPSA) is 44.5 Å². The number of hydrogen-bond acceptors (Lipinski definition) is 3. The Labute approximate surface area is 105 Å². The van der Waals surface area contributed by atoms with E-state index in [4.69, 9.17) is 10.5 Å². The maximum atomic E-state index is 12.1. The second kappa shape index (κ2) is 5.63. The van der Waals surface area contributed by atoms with Crippen LogP contribution in [0.15, 0.2) is 24.3 Å². The average Bonchev–Trinajstić information content (AvgIpc) is 2.39. The molecule has 0 unspecified atom stereocenters. The van der Waals surface area contributed by atoms with Crippen molar-refractivity contribution in [3.8, 4) is 5.75 Å². The van der Waals surface area contributed by atoms with Gasteiger partial charge in [-0.2, -0.15) is 8.78 Å². The highest BCUT2D eigenvalue weighted by Crippen LogP contribution is 2.34. The Morgan fingerprint density at radius 3 is 2.33 bits per heavy atom. The van der Waals surface area contributed by atoms with E-state index in [0.717, 1.165) is 18.4 Å². The minimum absolute atomic E-state index is 0.0956. The van der Waals surface area contributed by atoms with E-state index in [2.05, 4.69) is 4.74 Å². The second-order valence-electron chi connectivity index (χ2n) is 4.50. The molecule has 1 aromatic rings. The number of hydrogen-bond donors (Lipinski definition) is 1. The summed E-state index contributed by atoms with van der Waals surface area (Å²) in [5, 5.41) is 0. The highest BCUT2D eigenvalue weighted by Gasteiger charge is 2.32. The average molecular weight is 257 g/mol. The van der Waals surface area contributed by atoms with Crippen LogP contribution in [0.25, 0.3) is 0 Å². The summed E-state index contributed by atoms with van der Waals surface area (Å²) in [4.78, 5) is 0. The molecule has 0 amide bonds. The summed E-state index contributed by atoms with van der Waals surface area (Å²) in [7, 11) is 0. The highest BCUT2D eigenvalue weighted by atomic mass is 19.3. The number of nitrogens with two attached hydrogens (primary N) is 1. The molecule has 2 rings (SSSR count). The Hall–Kier alpha value is -1.20. The minimum atomic E-state index is -2.79. The van der Waals surface area contributed by atoms with Gasteiger partial charge in [0.25, 0.3) is 0 Å². The zero-order chi connectivity index (χ0) is 13.0. The lowest BCUT2D eigenvalue weighted by Crippen LogP contribution is -2.40. The van der Waals surface area contributed by atoms with Crippen LogP contribution in [-0.4, -0.2) is 26.4 Å². The van der Waals surface area contributed by atoms with Crippen LogP contribution in [-0.2, 0) is 10.2 Å². The van der Waals surface area contributed by atoms with Crippen molar-refractivity contribution in [1.29, 1.82) is 0 Å². The molecule has 0 bridgehead atoms. The fourth-order valence-corrected chi connectivity index (χ4v) is 2.36. The molecule has 18 heavy (non-hydrogen) atoms. The van der Waals surface area contributed by atoms with Crippen LogP contribution < -0.4 is 10.5 Å². The maximum absolute atomic E-state index is 12.1. The van der Waals surface area contributed by atoms with E-state index in [1.54, 1.807) is 12.1 Å². The summed E-state index contributed by atoms with van der Waals surface area (Å²) in [6.07, 6.45) is 1.72. The summed E-state index contributed by atoms with van der Waals surface area (Å²) in [5.41, 5.74) is 6.85. The third-order valence-corrected chi connectivity index (χ3v) is 3.53. The summed E-state index contributed by atoms with van der Waals surface area (Å²) in [6, 6.07) is 6.76. The van der Waals surface area contributed by atoms with E-state index in [-0.39, 0.29) is 11.2 Å². The molecule has 0 spiro atoms. The van der Waals surface area contributed by atoms with Gasteiger partial charge in [0.15, 0.2) is 0 Å². The van der Waals surface area contributed by atoms with E-state index < -0.39 is 6.61 Å². The number of benzene rings is 1. The van der Waals surface area contributed by atoms with Gasteiger partial charge in [-0.1, -0.05) is 12.1 Å². The van der Waals surface area contributed by atoms with Crippen LogP contribution in [0.4, 0.5) is 8.78 Å². The first-order chi connectivity index (χ1) is 8.66. The molecular formula is C13H17F2NO2. The van der Waals surface area contributed by atoms with Gasteiger partial charge < -0.3 is 15.2 Å². The minimum Gasteiger partial charge on any atom is -0.435 e. The molecule has 3 nitrogen and oxygen atoms in total. The molecule has 1 aliphatic heterocycles. The standard InChI is InChI=1S/C13H17F2NO2/c14-12(15)18-11-3-1-10(2-4-11)13(9-16)5-7-17-8-6-13/h1-4,12H,5-9,16H2. The van der Waals surface area contributed by atoms with Crippen molar-refractivity contribution in [2.24, 2.45) is 5.73 Å². The van der Waals surface area contributed by atoms with Crippen molar-refractivity contribution in [3.63, 3.8) is 0 Å². The van der Waals surface area contributed by atoms with Crippen molar-refractivity contribution in [1.82, 2.24) is 0 Å². The van der Waals surface area contributed by atoms with Crippen LogP contribution in [0, 0.1) is 0 Å². The lowest BCUT2D eigenvalue weighted by molar-refractivity contribution is -0.0498. The van der Waals surface area contributed by atoms with Gasteiger partial charge in [0.2, 0.25) is 0 Å². The van der Waals surface area contributed by atoms with Crippen LogP contribution in [0.5, 0.6) is 5.75 Å². The fourth-order valence-electron chi connectivity index (χ4n) is 2.36. The molecule has 1 saturated heterocycles. The number of alkyl halides is 2. The van der Waals surface area contributed by atoms with Crippen LogP contribution in [0.2, 0.25) is 0 Å². The van der Waals surface area contributed by atoms with Gasteiger partial charge in [-0.25, -0.2) is 0 Å². The Kier molecular flexibility index (Phi) is 4.14. The largest absolute Gasteiger partial charge is 0.435 e. The molecule has 1 fully saturated rings. The molecule has 0 aliphatic carbocycles. The zero-order valence-electron chi connectivity index (χ0n) is 10.1. The highest BCUT2D eigenvalue weighted by molar-refractivity contribution is 5.33.